The van der Waals surface area contributed by atoms with Crippen molar-refractivity contribution < 1.29 is 5.11 Å². The summed E-state index contributed by atoms with van der Waals surface area (Å²) in [4.78, 5) is 12.4. The minimum Gasteiger partial charge on any atom is -0.397 e. The zero-order valence-electron chi connectivity index (χ0n) is 11.0. The Morgan fingerprint density at radius 2 is 2.16 bits per heavy atom. The second-order valence-electron chi connectivity index (χ2n) is 4.91. The number of aromatic nitrogens is 2. The van der Waals surface area contributed by atoms with Crippen LogP contribution in [0.1, 0.15) is 25.5 Å². The third kappa shape index (κ3) is 2.26. The summed E-state index contributed by atoms with van der Waals surface area (Å²) in [5.74, 6) is 0.776. The molecule has 1 aliphatic heterocycles. The maximum atomic E-state index is 9.57. The first kappa shape index (κ1) is 12.6. The van der Waals surface area contributed by atoms with E-state index < -0.39 is 0 Å². The van der Waals surface area contributed by atoms with Crippen molar-refractivity contribution in [1.29, 1.82) is 0 Å². The second kappa shape index (κ2) is 4.94. The van der Waals surface area contributed by atoms with Gasteiger partial charge in [-0.25, -0.2) is 9.97 Å². The number of hydrogen-bond donors (Lipinski definition) is 2. The normalized spacial score (nSPS) is 17.3. The van der Waals surface area contributed by atoms with Gasteiger partial charge in [0.05, 0.1) is 22.9 Å². The third-order valence-electron chi connectivity index (χ3n) is 3.61. The van der Waals surface area contributed by atoms with E-state index in [9.17, 15) is 5.11 Å². The molecule has 0 spiro atoms. The van der Waals surface area contributed by atoms with Gasteiger partial charge in [-0.2, -0.15) is 0 Å². The summed E-state index contributed by atoms with van der Waals surface area (Å²) < 4.78 is 0. The molecule has 102 valence electrons. The fourth-order valence-corrected chi connectivity index (χ4v) is 3.33. The highest BCUT2D eigenvalue weighted by atomic mass is 32.1. The first-order chi connectivity index (χ1) is 9.19. The zero-order valence-corrected chi connectivity index (χ0v) is 11.8. The Morgan fingerprint density at radius 1 is 1.42 bits per heavy atom. The Morgan fingerprint density at radius 3 is 2.84 bits per heavy atom. The van der Waals surface area contributed by atoms with Gasteiger partial charge in [0, 0.05) is 18.5 Å². The lowest BCUT2D eigenvalue weighted by Gasteiger charge is -2.29. The molecule has 0 aromatic carbocycles. The lowest BCUT2D eigenvalue weighted by atomic mass is 10.1. The number of nitrogens with zero attached hydrogens (tertiary/aromatic N) is 3. The quantitative estimate of drug-likeness (QED) is 0.876. The van der Waals surface area contributed by atoms with Crippen molar-refractivity contribution in [2.75, 3.05) is 23.7 Å². The Hall–Kier alpha value is -1.40. The number of nitrogens with two attached hydrogens (primary N) is 1. The van der Waals surface area contributed by atoms with Crippen molar-refractivity contribution in [3.05, 3.63) is 11.1 Å². The van der Waals surface area contributed by atoms with Gasteiger partial charge in [0.1, 0.15) is 4.83 Å². The Balaban J connectivity index is 2.00. The minimum atomic E-state index is -0.178. The number of aliphatic hydroxyl groups excluding tert-OH is 1. The average Bonchev–Trinajstić information content (AvgIpc) is 2.80. The van der Waals surface area contributed by atoms with Gasteiger partial charge in [-0.3, -0.25) is 0 Å². The van der Waals surface area contributed by atoms with Crippen molar-refractivity contribution in [1.82, 2.24) is 9.97 Å². The molecular weight excluding hydrogens is 260 g/mol. The summed E-state index contributed by atoms with van der Waals surface area (Å²) >= 11 is 1.57. The summed E-state index contributed by atoms with van der Waals surface area (Å²) in [6.07, 6.45) is 2.25. The Kier molecular flexibility index (Phi) is 3.28. The van der Waals surface area contributed by atoms with Crippen LogP contribution in [-0.2, 0) is 6.42 Å². The van der Waals surface area contributed by atoms with E-state index in [-0.39, 0.29) is 6.10 Å². The van der Waals surface area contributed by atoms with E-state index in [0.29, 0.717) is 0 Å². The summed E-state index contributed by atoms with van der Waals surface area (Å²) in [5.41, 5.74) is 7.78. The maximum Gasteiger partial charge on any atom is 0.226 e. The molecule has 0 unspecified atom stereocenters. The standard InChI is InChI=1S/C13H18N4OS/c1-2-10-11-9(14)7-19-12(11)16-13(15-10)17-5-3-8(18)4-6-17/h7-8,18H,2-6,14H2,1H3. The van der Waals surface area contributed by atoms with Gasteiger partial charge in [-0.05, 0) is 19.3 Å². The van der Waals surface area contributed by atoms with Crippen LogP contribution in [0.4, 0.5) is 11.6 Å². The number of nitrogen functional groups attached to an aromatic ring is 1. The number of aliphatic hydroxyl groups is 1. The van der Waals surface area contributed by atoms with Crippen molar-refractivity contribution in [2.45, 2.75) is 32.3 Å². The topological polar surface area (TPSA) is 75.3 Å². The highest BCUT2D eigenvalue weighted by Crippen LogP contribution is 2.31. The number of thiophene rings is 1. The summed E-state index contributed by atoms with van der Waals surface area (Å²) in [6, 6.07) is 0. The van der Waals surface area contributed by atoms with Gasteiger partial charge in [-0.15, -0.1) is 11.3 Å². The third-order valence-corrected chi connectivity index (χ3v) is 4.50. The highest BCUT2D eigenvalue weighted by molar-refractivity contribution is 7.17. The molecule has 5 nitrogen and oxygen atoms in total. The van der Waals surface area contributed by atoms with Crippen LogP contribution in [0, 0.1) is 0 Å². The zero-order chi connectivity index (χ0) is 13.4. The number of fused-ring (bicyclic) bond motifs is 1. The van der Waals surface area contributed by atoms with Crippen LogP contribution in [0.3, 0.4) is 0 Å². The molecule has 3 rings (SSSR count). The van der Waals surface area contributed by atoms with E-state index in [1.807, 2.05) is 5.38 Å². The average molecular weight is 278 g/mol. The van der Waals surface area contributed by atoms with Gasteiger partial charge in [0.15, 0.2) is 0 Å². The molecule has 0 atom stereocenters. The molecule has 0 amide bonds. The smallest absolute Gasteiger partial charge is 0.226 e. The van der Waals surface area contributed by atoms with Gasteiger partial charge < -0.3 is 15.7 Å². The first-order valence-corrected chi connectivity index (χ1v) is 7.53. The molecule has 0 bridgehead atoms. The van der Waals surface area contributed by atoms with E-state index in [1.54, 1.807) is 11.3 Å². The molecule has 2 aromatic heterocycles. The van der Waals surface area contributed by atoms with Crippen molar-refractivity contribution in [3.8, 4) is 0 Å². The summed E-state index contributed by atoms with van der Waals surface area (Å²) in [6.45, 7) is 3.72. The Labute approximate surface area is 116 Å². The Bertz CT molecular complexity index is 590. The molecule has 3 N–H and O–H groups in total. The fourth-order valence-electron chi connectivity index (χ4n) is 2.49. The van der Waals surface area contributed by atoms with Crippen LogP contribution in [0.25, 0.3) is 10.2 Å². The van der Waals surface area contributed by atoms with Crippen molar-refractivity contribution in [3.63, 3.8) is 0 Å². The summed E-state index contributed by atoms with van der Waals surface area (Å²) in [7, 11) is 0. The molecule has 2 aromatic rings. The fraction of sp³-hybridized carbons (Fsp3) is 0.538. The largest absolute Gasteiger partial charge is 0.397 e. The molecule has 0 radical (unpaired) electrons. The molecule has 3 heterocycles. The van der Waals surface area contributed by atoms with Crippen LogP contribution in [0.15, 0.2) is 5.38 Å². The number of hydrogen-bond acceptors (Lipinski definition) is 6. The van der Waals surface area contributed by atoms with Gasteiger partial charge in [0.25, 0.3) is 0 Å². The molecule has 1 fully saturated rings. The SMILES string of the molecule is CCc1nc(N2CCC(O)CC2)nc2scc(N)c12. The van der Waals surface area contributed by atoms with Crippen LogP contribution in [0.5, 0.6) is 0 Å². The number of anilines is 2. The second-order valence-corrected chi connectivity index (χ2v) is 5.77. The predicted molar refractivity (Wildman–Crippen MR) is 78.7 cm³/mol. The number of piperidine rings is 1. The van der Waals surface area contributed by atoms with E-state index in [4.69, 9.17) is 5.73 Å². The van der Waals surface area contributed by atoms with Crippen LogP contribution in [-0.4, -0.2) is 34.3 Å². The lowest BCUT2D eigenvalue weighted by Crippen LogP contribution is -2.37. The van der Waals surface area contributed by atoms with E-state index in [1.165, 1.54) is 0 Å². The van der Waals surface area contributed by atoms with Crippen LogP contribution in [0.2, 0.25) is 0 Å². The van der Waals surface area contributed by atoms with Crippen molar-refractivity contribution in [2.24, 2.45) is 0 Å². The van der Waals surface area contributed by atoms with Gasteiger partial charge in [0.2, 0.25) is 5.95 Å². The summed E-state index contributed by atoms with van der Waals surface area (Å²) in [5, 5.41) is 12.5. The van der Waals surface area contributed by atoms with Crippen molar-refractivity contribution >= 4 is 33.2 Å². The first-order valence-electron chi connectivity index (χ1n) is 6.65. The minimum absolute atomic E-state index is 0.178. The maximum absolute atomic E-state index is 9.57. The van der Waals surface area contributed by atoms with Crippen LogP contribution < -0.4 is 10.6 Å². The molecule has 1 aliphatic rings. The molecule has 1 saturated heterocycles. The molecule has 0 aliphatic carbocycles. The molecule has 6 heteroatoms. The number of aryl methyl sites for hydroxylation is 1. The van der Waals surface area contributed by atoms with E-state index >= 15 is 0 Å². The monoisotopic (exact) mass is 278 g/mol. The lowest BCUT2D eigenvalue weighted by molar-refractivity contribution is 0.145. The number of rotatable bonds is 2. The predicted octanol–water partition coefficient (Wildman–Crippen LogP) is 1.80. The van der Waals surface area contributed by atoms with E-state index in [2.05, 4.69) is 21.8 Å². The van der Waals surface area contributed by atoms with Gasteiger partial charge >= 0.3 is 0 Å². The molecule has 19 heavy (non-hydrogen) atoms. The molecular formula is C13H18N4OS. The molecule has 0 saturated carbocycles. The van der Waals surface area contributed by atoms with Gasteiger partial charge in [-0.1, -0.05) is 6.92 Å². The highest BCUT2D eigenvalue weighted by Gasteiger charge is 2.21. The van der Waals surface area contributed by atoms with Crippen LogP contribution >= 0.6 is 11.3 Å². The van der Waals surface area contributed by atoms with E-state index in [0.717, 1.165) is 59.9 Å².